The fourth-order valence-corrected chi connectivity index (χ4v) is 3.49. The summed E-state index contributed by atoms with van der Waals surface area (Å²) in [6.45, 7) is 6.13. The minimum absolute atomic E-state index is 0.324. The molecule has 2 nitrogen and oxygen atoms in total. The molecule has 1 fully saturated rings. The molecule has 0 heterocycles. The summed E-state index contributed by atoms with van der Waals surface area (Å²) in [5.41, 5.74) is 0. The van der Waals surface area contributed by atoms with Gasteiger partial charge in [-0.2, -0.15) is 0 Å². The average Bonchev–Trinajstić information content (AvgIpc) is 2.35. The molecule has 0 aromatic carbocycles. The van der Waals surface area contributed by atoms with Crippen LogP contribution in [0.4, 0.5) is 0 Å². The van der Waals surface area contributed by atoms with Crippen molar-refractivity contribution >= 4 is 0 Å². The van der Waals surface area contributed by atoms with Crippen LogP contribution in [-0.4, -0.2) is 36.2 Å². The zero-order valence-corrected chi connectivity index (χ0v) is 12.7. The van der Waals surface area contributed by atoms with E-state index in [1.54, 1.807) is 0 Å². The molecule has 0 aromatic heterocycles. The lowest BCUT2D eigenvalue weighted by Gasteiger charge is -2.39. The van der Waals surface area contributed by atoms with Crippen LogP contribution < -0.4 is 0 Å². The predicted octanol–water partition coefficient (Wildman–Crippen LogP) is 3.69. The van der Waals surface area contributed by atoms with E-state index in [1.807, 2.05) is 0 Å². The third kappa shape index (κ3) is 4.89. The molecule has 3 atom stereocenters. The minimum atomic E-state index is 0.324. The first-order chi connectivity index (χ1) is 8.70. The van der Waals surface area contributed by atoms with Crippen molar-refractivity contribution in [3.05, 3.63) is 0 Å². The van der Waals surface area contributed by atoms with E-state index in [0.717, 1.165) is 30.8 Å². The van der Waals surface area contributed by atoms with E-state index in [1.165, 1.54) is 44.9 Å². The first-order valence-corrected chi connectivity index (χ1v) is 8.01. The van der Waals surface area contributed by atoms with Crippen LogP contribution in [0.25, 0.3) is 0 Å². The third-order valence-electron chi connectivity index (χ3n) is 4.89. The van der Waals surface area contributed by atoms with Crippen molar-refractivity contribution in [1.82, 2.24) is 4.90 Å². The second-order valence-corrected chi connectivity index (χ2v) is 6.17. The van der Waals surface area contributed by atoms with Crippen molar-refractivity contribution in [2.24, 2.45) is 11.8 Å². The molecule has 0 spiro atoms. The zero-order valence-electron chi connectivity index (χ0n) is 12.7. The lowest BCUT2D eigenvalue weighted by atomic mass is 9.77. The van der Waals surface area contributed by atoms with Gasteiger partial charge in [-0.3, -0.25) is 0 Å². The molecule has 0 aromatic rings. The largest absolute Gasteiger partial charge is 0.396 e. The number of hydrogen-bond acceptors (Lipinski definition) is 2. The molecule has 1 N–H and O–H groups in total. The molecule has 3 unspecified atom stereocenters. The minimum Gasteiger partial charge on any atom is -0.396 e. The Hall–Kier alpha value is -0.0800. The van der Waals surface area contributed by atoms with Crippen molar-refractivity contribution in [2.45, 2.75) is 71.3 Å². The first-order valence-electron chi connectivity index (χ1n) is 8.01. The molecule has 0 saturated heterocycles. The van der Waals surface area contributed by atoms with Crippen molar-refractivity contribution in [2.75, 3.05) is 20.2 Å². The monoisotopic (exact) mass is 255 g/mol. The van der Waals surface area contributed by atoms with Crippen LogP contribution in [0.2, 0.25) is 0 Å². The predicted molar refractivity (Wildman–Crippen MR) is 78.8 cm³/mol. The SMILES string of the molecule is CCC(C)C1CCCCCCC1N(C)CCCO. The number of hydrogen-bond donors (Lipinski definition) is 1. The Bertz CT molecular complexity index is 207. The standard InChI is InChI=1S/C16H33NO/c1-4-14(2)15-10-7-5-6-8-11-16(15)17(3)12-9-13-18/h14-16,18H,4-13H2,1-3H3. The Morgan fingerprint density at radius 3 is 2.44 bits per heavy atom. The summed E-state index contributed by atoms with van der Waals surface area (Å²) in [7, 11) is 2.26. The maximum Gasteiger partial charge on any atom is 0.0443 e. The fourth-order valence-electron chi connectivity index (χ4n) is 3.49. The van der Waals surface area contributed by atoms with Crippen molar-refractivity contribution in [1.29, 1.82) is 0 Å². The third-order valence-corrected chi connectivity index (χ3v) is 4.89. The molecule has 0 amide bonds. The Morgan fingerprint density at radius 2 is 1.83 bits per heavy atom. The summed E-state index contributed by atoms with van der Waals surface area (Å²) in [5, 5.41) is 9.01. The highest BCUT2D eigenvalue weighted by Gasteiger charge is 2.29. The molecule has 0 radical (unpaired) electrons. The number of aliphatic hydroxyl groups excluding tert-OH is 1. The van der Waals surface area contributed by atoms with Gasteiger partial charge in [0.25, 0.3) is 0 Å². The van der Waals surface area contributed by atoms with E-state index in [-0.39, 0.29) is 0 Å². The molecule has 0 aliphatic heterocycles. The molecule has 2 heteroatoms. The summed E-state index contributed by atoms with van der Waals surface area (Å²) >= 11 is 0. The highest BCUT2D eigenvalue weighted by atomic mass is 16.3. The summed E-state index contributed by atoms with van der Waals surface area (Å²) in [6, 6.07) is 0.742. The Labute approximate surface area is 114 Å². The van der Waals surface area contributed by atoms with Gasteiger partial charge in [0, 0.05) is 19.2 Å². The van der Waals surface area contributed by atoms with Gasteiger partial charge >= 0.3 is 0 Å². The van der Waals surface area contributed by atoms with Crippen LogP contribution in [0.1, 0.15) is 65.2 Å². The van der Waals surface area contributed by atoms with E-state index in [0.29, 0.717) is 6.61 Å². The van der Waals surface area contributed by atoms with Gasteiger partial charge in [0.15, 0.2) is 0 Å². The van der Waals surface area contributed by atoms with Gasteiger partial charge in [-0.15, -0.1) is 0 Å². The topological polar surface area (TPSA) is 23.5 Å². The van der Waals surface area contributed by atoms with Gasteiger partial charge < -0.3 is 10.0 Å². The van der Waals surface area contributed by atoms with Crippen molar-refractivity contribution in [3.63, 3.8) is 0 Å². The Kier molecular flexibility index (Phi) is 7.92. The number of aliphatic hydroxyl groups is 1. The molecule has 1 aliphatic rings. The van der Waals surface area contributed by atoms with Crippen LogP contribution in [0, 0.1) is 11.8 Å². The molecule has 1 saturated carbocycles. The number of rotatable bonds is 6. The molecular formula is C16H33NO. The Morgan fingerprint density at radius 1 is 1.17 bits per heavy atom. The Balaban J connectivity index is 2.63. The average molecular weight is 255 g/mol. The number of nitrogens with zero attached hydrogens (tertiary/aromatic N) is 1. The molecular weight excluding hydrogens is 222 g/mol. The van der Waals surface area contributed by atoms with Gasteiger partial charge in [0.1, 0.15) is 0 Å². The van der Waals surface area contributed by atoms with Crippen LogP contribution >= 0.6 is 0 Å². The maximum absolute atomic E-state index is 9.01. The summed E-state index contributed by atoms with van der Waals surface area (Å²) in [5.74, 6) is 1.70. The van der Waals surface area contributed by atoms with E-state index in [4.69, 9.17) is 5.11 Å². The van der Waals surface area contributed by atoms with Crippen LogP contribution in [0.3, 0.4) is 0 Å². The second kappa shape index (κ2) is 8.92. The highest BCUT2D eigenvalue weighted by molar-refractivity contribution is 4.82. The molecule has 0 bridgehead atoms. The molecule has 1 aliphatic carbocycles. The fraction of sp³-hybridized carbons (Fsp3) is 1.00. The lowest BCUT2D eigenvalue weighted by Crippen LogP contribution is -2.41. The van der Waals surface area contributed by atoms with Crippen molar-refractivity contribution in [3.8, 4) is 0 Å². The van der Waals surface area contributed by atoms with Crippen LogP contribution in [0.15, 0.2) is 0 Å². The smallest absolute Gasteiger partial charge is 0.0443 e. The quantitative estimate of drug-likeness (QED) is 0.782. The van der Waals surface area contributed by atoms with Gasteiger partial charge in [-0.05, 0) is 38.1 Å². The first kappa shape index (κ1) is 16.0. The van der Waals surface area contributed by atoms with Crippen molar-refractivity contribution < 1.29 is 5.11 Å². The second-order valence-electron chi connectivity index (χ2n) is 6.17. The summed E-state index contributed by atoms with van der Waals surface area (Å²) in [6.07, 6.45) is 10.6. The van der Waals surface area contributed by atoms with Gasteiger partial charge in [-0.25, -0.2) is 0 Å². The molecule has 18 heavy (non-hydrogen) atoms. The summed E-state index contributed by atoms with van der Waals surface area (Å²) < 4.78 is 0. The van der Waals surface area contributed by atoms with E-state index < -0.39 is 0 Å². The maximum atomic E-state index is 9.01. The normalized spacial score (nSPS) is 27.8. The van der Waals surface area contributed by atoms with Gasteiger partial charge in [0.2, 0.25) is 0 Å². The lowest BCUT2D eigenvalue weighted by molar-refractivity contribution is 0.101. The summed E-state index contributed by atoms with van der Waals surface area (Å²) in [4.78, 5) is 2.53. The van der Waals surface area contributed by atoms with E-state index in [9.17, 15) is 0 Å². The van der Waals surface area contributed by atoms with Crippen LogP contribution in [-0.2, 0) is 0 Å². The van der Waals surface area contributed by atoms with Crippen LogP contribution in [0.5, 0.6) is 0 Å². The highest BCUT2D eigenvalue weighted by Crippen LogP contribution is 2.32. The van der Waals surface area contributed by atoms with E-state index >= 15 is 0 Å². The molecule has 1 rings (SSSR count). The van der Waals surface area contributed by atoms with E-state index in [2.05, 4.69) is 25.8 Å². The molecule has 108 valence electrons. The van der Waals surface area contributed by atoms with Gasteiger partial charge in [0.05, 0.1) is 0 Å². The zero-order chi connectivity index (χ0) is 13.4. The van der Waals surface area contributed by atoms with Gasteiger partial charge in [-0.1, -0.05) is 46.0 Å².